The minimum absolute atomic E-state index is 0.134. The van der Waals surface area contributed by atoms with Crippen LogP contribution in [0.15, 0.2) is 96.2 Å². The van der Waals surface area contributed by atoms with E-state index in [1.807, 2.05) is 96.6 Å². The van der Waals surface area contributed by atoms with Crippen LogP contribution >= 0.6 is 0 Å². The van der Waals surface area contributed by atoms with Gasteiger partial charge in [-0.05, 0) is 48.0 Å². The summed E-state index contributed by atoms with van der Waals surface area (Å²) in [5, 5.41) is 9.97. The fourth-order valence-electron chi connectivity index (χ4n) is 4.29. The molecule has 1 heterocycles. The number of para-hydroxylation sites is 1. The summed E-state index contributed by atoms with van der Waals surface area (Å²) in [6.07, 6.45) is 3.44. The number of amides is 2. The van der Waals surface area contributed by atoms with Gasteiger partial charge in [0.25, 0.3) is 5.91 Å². The van der Waals surface area contributed by atoms with E-state index >= 15 is 0 Å². The predicted molar refractivity (Wildman–Crippen MR) is 147 cm³/mol. The fraction of sp³-hybridized carbons (Fsp3) is 0.100. The topological polar surface area (TPSA) is 84.7 Å². The van der Waals surface area contributed by atoms with Crippen LogP contribution in [0.5, 0.6) is 5.75 Å². The summed E-state index contributed by atoms with van der Waals surface area (Å²) in [5.41, 5.74) is 6.55. The molecule has 0 unspecified atom stereocenters. The van der Waals surface area contributed by atoms with E-state index in [0.29, 0.717) is 11.3 Å². The van der Waals surface area contributed by atoms with Gasteiger partial charge in [-0.25, -0.2) is 5.43 Å². The van der Waals surface area contributed by atoms with Crippen LogP contribution in [0, 0.1) is 6.92 Å². The monoisotopic (exact) mass is 490 g/mol. The molecule has 7 nitrogen and oxygen atoms in total. The van der Waals surface area contributed by atoms with Gasteiger partial charge in [0.1, 0.15) is 12.3 Å². The zero-order valence-electron chi connectivity index (χ0n) is 20.6. The molecule has 5 aromatic rings. The van der Waals surface area contributed by atoms with Gasteiger partial charge in [0.15, 0.2) is 0 Å². The second-order valence-corrected chi connectivity index (χ2v) is 8.74. The van der Waals surface area contributed by atoms with E-state index in [-0.39, 0.29) is 18.4 Å². The van der Waals surface area contributed by atoms with E-state index in [4.69, 9.17) is 4.74 Å². The van der Waals surface area contributed by atoms with Crippen molar-refractivity contribution in [1.82, 2.24) is 9.99 Å². The normalized spacial score (nSPS) is 11.2. The van der Waals surface area contributed by atoms with Gasteiger partial charge in [-0.3, -0.25) is 9.59 Å². The van der Waals surface area contributed by atoms with E-state index < -0.39 is 0 Å². The van der Waals surface area contributed by atoms with E-state index in [1.165, 1.54) is 7.11 Å². The van der Waals surface area contributed by atoms with Crippen molar-refractivity contribution in [3.8, 4) is 5.75 Å². The summed E-state index contributed by atoms with van der Waals surface area (Å²) in [4.78, 5) is 25.6. The second kappa shape index (κ2) is 10.4. The van der Waals surface area contributed by atoms with E-state index in [9.17, 15) is 9.59 Å². The number of carbonyl (C=O) groups excluding carboxylic acids is 2. The highest BCUT2D eigenvalue weighted by atomic mass is 16.5. The summed E-state index contributed by atoms with van der Waals surface area (Å²) in [6.45, 7) is 2.14. The molecule has 7 heteroatoms. The van der Waals surface area contributed by atoms with Crippen LogP contribution in [-0.4, -0.2) is 29.7 Å². The molecule has 0 fully saturated rings. The van der Waals surface area contributed by atoms with Gasteiger partial charge in [0.2, 0.25) is 5.91 Å². The maximum atomic E-state index is 12.9. The SMILES string of the molecule is COc1cc2ccccc2cc1C(=O)N/N=C\c1cn(CC(=O)Nc2ccc(C)cc2)c2ccccc12. The Hall–Kier alpha value is -4.91. The number of fused-ring (bicyclic) bond motifs is 2. The smallest absolute Gasteiger partial charge is 0.275 e. The Morgan fingerprint density at radius 1 is 0.946 bits per heavy atom. The van der Waals surface area contributed by atoms with Gasteiger partial charge in [0, 0.05) is 28.4 Å². The standard InChI is InChI=1S/C30H26N4O3/c1-20-11-13-24(14-12-20)32-29(35)19-34-18-23(25-9-5-6-10-27(25)34)17-31-33-30(36)26-15-21-7-3-4-8-22(21)16-28(26)37-2/h3-18H,19H2,1-2H3,(H,32,35)(H,33,36)/b31-17-. The summed E-state index contributed by atoms with van der Waals surface area (Å²) in [6, 6.07) is 26.8. The van der Waals surface area contributed by atoms with Crippen molar-refractivity contribution in [1.29, 1.82) is 0 Å². The molecule has 0 saturated carbocycles. The highest BCUT2D eigenvalue weighted by Crippen LogP contribution is 2.26. The maximum absolute atomic E-state index is 12.9. The van der Waals surface area contributed by atoms with Crippen LogP contribution in [0.1, 0.15) is 21.5 Å². The number of rotatable bonds is 7. The number of aromatic nitrogens is 1. The summed E-state index contributed by atoms with van der Waals surface area (Å²) >= 11 is 0. The lowest BCUT2D eigenvalue weighted by atomic mass is 10.1. The number of hydrazone groups is 1. The van der Waals surface area contributed by atoms with E-state index in [0.717, 1.165) is 38.5 Å². The number of aryl methyl sites for hydroxylation is 1. The number of anilines is 1. The van der Waals surface area contributed by atoms with Crippen molar-refractivity contribution in [3.05, 3.63) is 108 Å². The molecule has 0 spiro atoms. The van der Waals surface area contributed by atoms with Crippen molar-refractivity contribution in [3.63, 3.8) is 0 Å². The number of nitrogens with zero attached hydrogens (tertiary/aromatic N) is 2. The van der Waals surface area contributed by atoms with Crippen molar-refractivity contribution in [2.24, 2.45) is 5.10 Å². The zero-order valence-corrected chi connectivity index (χ0v) is 20.6. The predicted octanol–water partition coefficient (Wildman–Crippen LogP) is 5.51. The summed E-state index contributed by atoms with van der Waals surface area (Å²) < 4.78 is 7.30. The van der Waals surface area contributed by atoms with Crippen LogP contribution in [0.2, 0.25) is 0 Å². The molecule has 1 aromatic heterocycles. The minimum atomic E-state index is -0.375. The van der Waals surface area contributed by atoms with Crippen molar-refractivity contribution in [2.45, 2.75) is 13.5 Å². The Labute approximate surface area is 214 Å². The van der Waals surface area contributed by atoms with Gasteiger partial charge < -0.3 is 14.6 Å². The van der Waals surface area contributed by atoms with Crippen molar-refractivity contribution >= 4 is 45.4 Å². The summed E-state index contributed by atoms with van der Waals surface area (Å²) in [7, 11) is 1.54. The molecule has 184 valence electrons. The summed E-state index contributed by atoms with van der Waals surface area (Å²) in [5.74, 6) is -0.0348. The Morgan fingerprint density at radius 3 is 2.41 bits per heavy atom. The van der Waals surface area contributed by atoms with Crippen LogP contribution in [0.4, 0.5) is 5.69 Å². The molecule has 0 aliphatic heterocycles. The lowest BCUT2D eigenvalue weighted by molar-refractivity contribution is -0.116. The average molecular weight is 491 g/mol. The Balaban J connectivity index is 1.34. The molecular formula is C30H26N4O3. The third kappa shape index (κ3) is 5.21. The molecule has 0 aliphatic carbocycles. The van der Waals surface area contributed by atoms with E-state index in [1.54, 1.807) is 12.3 Å². The molecule has 0 radical (unpaired) electrons. The largest absolute Gasteiger partial charge is 0.496 e. The van der Waals surface area contributed by atoms with Gasteiger partial charge >= 0.3 is 0 Å². The van der Waals surface area contributed by atoms with Crippen LogP contribution in [-0.2, 0) is 11.3 Å². The number of hydrogen-bond acceptors (Lipinski definition) is 4. The second-order valence-electron chi connectivity index (χ2n) is 8.74. The maximum Gasteiger partial charge on any atom is 0.275 e. The molecule has 2 amide bonds. The third-order valence-electron chi connectivity index (χ3n) is 6.15. The first-order valence-corrected chi connectivity index (χ1v) is 11.9. The Bertz CT molecular complexity index is 1630. The first kappa shape index (κ1) is 23.8. The highest BCUT2D eigenvalue weighted by molar-refractivity contribution is 6.03. The number of carbonyl (C=O) groups is 2. The van der Waals surface area contributed by atoms with Gasteiger partial charge in [-0.1, -0.05) is 60.2 Å². The molecule has 0 atom stereocenters. The number of nitrogens with one attached hydrogen (secondary N) is 2. The van der Waals surface area contributed by atoms with Gasteiger partial charge in [-0.2, -0.15) is 5.10 Å². The number of methoxy groups -OCH3 is 1. The van der Waals surface area contributed by atoms with Gasteiger partial charge in [-0.15, -0.1) is 0 Å². The molecule has 4 aromatic carbocycles. The van der Waals surface area contributed by atoms with Crippen LogP contribution < -0.4 is 15.5 Å². The average Bonchev–Trinajstić information content (AvgIpc) is 3.26. The lowest BCUT2D eigenvalue weighted by Gasteiger charge is -2.09. The molecule has 37 heavy (non-hydrogen) atoms. The van der Waals surface area contributed by atoms with Crippen molar-refractivity contribution in [2.75, 3.05) is 12.4 Å². The quantitative estimate of drug-likeness (QED) is 0.233. The Kier molecular flexibility index (Phi) is 6.68. The van der Waals surface area contributed by atoms with Crippen LogP contribution in [0.3, 0.4) is 0 Å². The molecule has 0 bridgehead atoms. The molecule has 0 aliphatic rings. The number of benzene rings is 4. The fourth-order valence-corrected chi connectivity index (χ4v) is 4.29. The molecule has 2 N–H and O–H groups in total. The first-order chi connectivity index (χ1) is 18.0. The highest BCUT2D eigenvalue weighted by Gasteiger charge is 2.14. The molecule has 0 saturated heterocycles. The van der Waals surface area contributed by atoms with Crippen LogP contribution in [0.25, 0.3) is 21.7 Å². The zero-order chi connectivity index (χ0) is 25.8. The number of ether oxygens (including phenoxy) is 1. The van der Waals surface area contributed by atoms with Gasteiger partial charge in [0.05, 0.1) is 18.9 Å². The van der Waals surface area contributed by atoms with E-state index in [2.05, 4.69) is 15.8 Å². The molecule has 5 rings (SSSR count). The minimum Gasteiger partial charge on any atom is -0.496 e. The number of hydrogen-bond donors (Lipinski definition) is 2. The third-order valence-corrected chi connectivity index (χ3v) is 6.15. The Morgan fingerprint density at radius 2 is 1.65 bits per heavy atom. The lowest BCUT2D eigenvalue weighted by Crippen LogP contribution is -2.18. The first-order valence-electron chi connectivity index (χ1n) is 11.9. The molecular weight excluding hydrogens is 464 g/mol. The van der Waals surface area contributed by atoms with Crippen molar-refractivity contribution < 1.29 is 14.3 Å².